The van der Waals surface area contributed by atoms with Crippen molar-refractivity contribution in [2.45, 2.75) is 206 Å². The minimum Gasteiger partial charge on any atom is -0.456 e. The predicted octanol–water partition coefficient (Wildman–Crippen LogP) is 16.4. The van der Waals surface area contributed by atoms with Crippen LogP contribution < -0.4 is 5.32 Å². The molecule has 2 N–H and O–H groups in total. The van der Waals surface area contributed by atoms with Gasteiger partial charge in [-0.2, -0.15) is 0 Å². The molecule has 0 bridgehead atoms. The van der Waals surface area contributed by atoms with Crippen LogP contribution in [0.15, 0.2) is 122 Å². The second-order valence-corrected chi connectivity index (χ2v) is 20.4. The first-order valence-corrected chi connectivity index (χ1v) is 28.9. The Morgan fingerprint density at radius 3 is 1.40 bits per heavy atom. The normalized spacial score (nSPS) is 14.8. The van der Waals surface area contributed by atoms with Crippen LogP contribution in [0.4, 0.5) is 0 Å². The molecule has 70 heavy (non-hydrogen) atoms. The van der Waals surface area contributed by atoms with Crippen LogP contribution in [0, 0.1) is 0 Å². The highest BCUT2D eigenvalue weighted by molar-refractivity contribution is 7.47. The number of phosphoric ester groups is 1. The molecule has 0 heterocycles. The van der Waals surface area contributed by atoms with E-state index in [1.165, 1.54) is 44.9 Å². The monoisotopic (exact) mass is 994 g/mol. The van der Waals surface area contributed by atoms with Crippen LogP contribution in [0.1, 0.15) is 194 Å². The zero-order valence-corrected chi connectivity index (χ0v) is 46.1. The number of unbranched alkanes of at least 4 members (excludes halogenated alkanes) is 13. The Kier molecular flexibility index (Phi) is 46.5. The van der Waals surface area contributed by atoms with Crippen molar-refractivity contribution in [1.82, 2.24) is 5.32 Å². The molecule has 9 nitrogen and oxygen atoms in total. The van der Waals surface area contributed by atoms with Crippen LogP contribution >= 0.6 is 7.82 Å². The maximum Gasteiger partial charge on any atom is 0.472 e. The lowest BCUT2D eigenvalue weighted by Crippen LogP contribution is -2.47. The molecule has 0 aliphatic heterocycles. The maximum atomic E-state index is 13.4. The summed E-state index contributed by atoms with van der Waals surface area (Å²) >= 11 is 0. The van der Waals surface area contributed by atoms with E-state index in [1.807, 2.05) is 39.4 Å². The van der Waals surface area contributed by atoms with Gasteiger partial charge in [-0.25, -0.2) is 4.57 Å². The molecule has 0 aromatic carbocycles. The van der Waals surface area contributed by atoms with Crippen molar-refractivity contribution in [2.75, 3.05) is 40.9 Å². The lowest BCUT2D eigenvalue weighted by Gasteiger charge is -2.27. The molecule has 0 saturated carbocycles. The first-order valence-electron chi connectivity index (χ1n) is 27.4. The van der Waals surface area contributed by atoms with Crippen LogP contribution in [-0.4, -0.2) is 74.3 Å². The molecule has 0 aromatic rings. The van der Waals surface area contributed by atoms with Gasteiger partial charge in [0.25, 0.3) is 0 Å². The molecule has 0 spiro atoms. The van der Waals surface area contributed by atoms with Crippen LogP contribution in [0.2, 0.25) is 0 Å². The van der Waals surface area contributed by atoms with Crippen LogP contribution in [-0.2, 0) is 27.9 Å². The van der Waals surface area contributed by atoms with Gasteiger partial charge in [0, 0.05) is 12.8 Å². The fraction of sp³-hybridized carbons (Fsp3) is 0.633. The zero-order chi connectivity index (χ0) is 51.5. The van der Waals surface area contributed by atoms with Gasteiger partial charge in [-0.1, -0.05) is 200 Å². The van der Waals surface area contributed by atoms with E-state index in [2.05, 4.69) is 123 Å². The van der Waals surface area contributed by atoms with Crippen molar-refractivity contribution in [1.29, 1.82) is 0 Å². The summed E-state index contributed by atoms with van der Waals surface area (Å²) in [6, 6.07) is -0.897. The van der Waals surface area contributed by atoms with Gasteiger partial charge in [-0.3, -0.25) is 18.6 Å². The zero-order valence-electron chi connectivity index (χ0n) is 45.2. The molecule has 3 atom stereocenters. The second kappa shape index (κ2) is 49.0. The third-order valence-corrected chi connectivity index (χ3v) is 12.1. The van der Waals surface area contributed by atoms with E-state index in [9.17, 15) is 19.0 Å². The van der Waals surface area contributed by atoms with Gasteiger partial charge < -0.3 is 19.4 Å². The first-order chi connectivity index (χ1) is 33.9. The largest absolute Gasteiger partial charge is 0.472 e. The minimum atomic E-state index is -4.47. The molecule has 0 aliphatic carbocycles. The highest BCUT2D eigenvalue weighted by atomic mass is 31.2. The molecule has 398 valence electrons. The third kappa shape index (κ3) is 49.4. The Hall–Kier alpha value is -3.59. The number of amides is 1. The molecule has 1 amide bonds. The summed E-state index contributed by atoms with van der Waals surface area (Å²) in [5, 5.41) is 3.00. The molecule has 0 aromatic heterocycles. The van der Waals surface area contributed by atoms with Crippen molar-refractivity contribution in [3.05, 3.63) is 122 Å². The summed E-state index contributed by atoms with van der Waals surface area (Å²) in [5.41, 5.74) is 0. The number of phosphoric acid groups is 1. The molecular formula is C60H102N2O7P+. The molecule has 0 aliphatic rings. The van der Waals surface area contributed by atoms with Crippen molar-refractivity contribution >= 4 is 19.7 Å². The van der Waals surface area contributed by atoms with Gasteiger partial charge in [-0.05, 0) is 102 Å². The van der Waals surface area contributed by atoms with Gasteiger partial charge >= 0.3 is 13.8 Å². The Balaban J connectivity index is 5.52. The van der Waals surface area contributed by atoms with E-state index >= 15 is 0 Å². The number of ether oxygens (including phenoxy) is 1. The van der Waals surface area contributed by atoms with Crippen LogP contribution in [0.5, 0.6) is 0 Å². The summed E-state index contributed by atoms with van der Waals surface area (Å²) < 4.78 is 30.4. The summed E-state index contributed by atoms with van der Waals surface area (Å²) in [5.74, 6) is -0.642. The Bertz CT molecular complexity index is 1610. The fourth-order valence-corrected chi connectivity index (χ4v) is 7.71. The number of hydrogen-bond acceptors (Lipinski definition) is 6. The Morgan fingerprint density at radius 1 is 0.514 bits per heavy atom. The third-order valence-electron chi connectivity index (χ3n) is 11.2. The standard InChI is InChI=1S/C60H101N2O7P/c1-7-10-13-16-19-22-25-27-29-30-31-32-33-35-38-41-44-47-50-53-60(64)69-58(51-48-45-42-39-36-24-21-18-15-12-9-3)57(56-68-70(65,66)67-55-54-62(4,5)6)61-59(63)52-49-46-43-40-37-34-28-26-23-20-17-14-11-8-2/h10-11,13-14,19-20,22-23,27-29,31-32,34-35,38,44,47-48,51,57-58H,7-9,12,15-18,21,24-26,30,33,36-37,39-43,45-46,49-50,52-56H2,1-6H3,(H-,61,63,65,66)/p+1/b13-10-,14-11+,22-19-,23-20+,29-27-,32-31-,34-28+,38-35-,47-44-,51-48+. The fourth-order valence-electron chi connectivity index (χ4n) is 6.98. The molecule has 0 saturated heterocycles. The number of carbonyl (C=O) groups is 2. The average Bonchev–Trinajstić information content (AvgIpc) is 3.32. The van der Waals surface area contributed by atoms with E-state index in [-0.39, 0.29) is 32.0 Å². The number of hydrogen-bond donors (Lipinski definition) is 2. The van der Waals surface area contributed by atoms with Crippen molar-refractivity contribution < 1.29 is 37.3 Å². The summed E-state index contributed by atoms with van der Waals surface area (Å²) in [6.07, 6.45) is 67.9. The SMILES string of the molecule is CC/C=C\C/C=C\C/C=C\C/C=C\C/C=C\C/C=C\CCC(=O)OC(/C=C/CCCCCCCCCCC)C(COP(=O)(O)OCC[N+](C)(C)C)NC(=O)CCCCCC/C=C/C/C=C/C/C=C/CC. The number of rotatable bonds is 47. The molecule has 0 rings (SSSR count). The summed E-state index contributed by atoms with van der Waals surface area (Å²) in [7, 11) is 1.42. The number of carbonyl (C=O) groups excluding carboxylic acids is 2. The van der Waals surface area contributed by atoms with Gasteiger partial charge in [-0.15, -0.1) is 0 Å². The molecular weight excluding hydrogens is 892 g/mol. The topological polar surface area (TPSA) is 111 Å². The van der Waals surface area contributed by atoms with Crippen molar-refractivity contribution in [3.63, 3.8) is 0 Å². The Labute approximate surface area is 429 Å². The lowest BCUT2D eigenvalue weighted by atomic mass is 10.1. The smallest absolute Gasteiger partial charge is 0.456 e. The molecule has 10 heteroatoms. The minimum absolute atomic E-state index is 0.0176. The highest BCUT2D eigenvalue weighted by Gasteiger charge is 2.30. The van der Waals surface area contributed by atoms with Crippen LogP contribution in [0.25, 0.3) is 0 Å². The summed E-state index contributed by atoms with van der Waals surface area (Å²) in [4.78, 5) is 37.5. The molecule has 0 fully saturated rings. The van der Waals surface area contributed by atoms with E-state index in [0.29, 0.717) is 23.9 Å². The quantitative estimate of drug-likeness (QED) is 0.0205. The number of esters is 1. The Morgan fingerprint density at radius 2 is 0.929 bits per heavy atom. The van der Waals surface area contributed by atoms with E-state index < -0.39 is 25.9 Å². The number of quaternary nitrogens is 1. The molecule has 0 radical (unpaired) electrons. The van der Waals surface area contributed by atoms with E-state index in [1.54, 1.807) is 6.08 Å². The maximum absolute atomic E-state index is 13.4. The number of nitrogens with zero attached hydrogens (tertiary/aromatic N) is 1. The summed E-state index contributed by atoms with van der Waals surface area (Å²) in [6.45, 7) is 6.67. The second-order valence-electron chi connectivity index (χ2n) is 19.0. The number of allylic oxidation sites excluding steroid dienone is 19. The van der Waals surface area contributed by atoms with Gasteiger partial charge in [0.05, 0.1) is 33.8 Å². The highest BCUT2D eigenvalue weighted by Crippen LogP contribution is 2.43. The first kappa shape index (κ1) is 66.4. The molecule has 3 unspecified atom stereocenters. The van der Waals surface area contributed by atoms with Gasteiger partial charge in [0.15, 0.2) is 0 Å². The predicted molar refractivity (Wildman–Crippen MR) is 300 cm³/mol. The van der Waals surface area contributed by atoms with E-state index in [4.69, 9.17) is 13.8 Å². The number of nitrogens with one attached hydrogen (secondary N) is 1. The number of likely N-dealkylation sites (N-methyl/N-ethyl adjacent to an activating group) is 1. The van der Waals surface area contributed by atoms with Gasteiger partial charge in [0.2, 0.25) is 5.91 Å². The van der Waals surface area contributed by atoms with Crippen LogP contribution in [0.3, 0.4) is 0 Å². The average molecular weight is 994 g/mol. The van der Waals surface area contributed by atoms with Crippen molar-refractivity contribution in [3.8, 4) is 0 Å². The van der Waals surface area contributed by atoms with Crippen molar-refractivity contribution in [2.24, 2.45) is 0 Å². The van der Waals surface area contributed by atoms with E-state index in [0.717, 1.165) is 103 Å². The van der Waals surface area contributed by atoms with Gasteiger partial charge in [0.1, 0.15) is 19.3 Å². The lowest BCUT2D eigenvalue weighted by molar-refractivity contribution is -0.870.